The quantitative estimate of drug-likeness (QED) is 0.759. The molecule has 1 aromatic heterocycles. The van der Waals surface area contributed by atoms with Crippen molar-refractivity contribution in [2.75, 3.05) is 0 Å². The Morgan fingerprint density at radius 3 is 2.23 bits per heavy atom. The van der Waals surface area contributed by atoms with Crippen LogP contribution in [0.1, 0.15) is 0 Å². The lowest BCUT2D eigenvalue weighted by Crippen LogP contribution is -1.93. The van der Waals surface area contributed by atoms with E-state index < -0.39 is 5.82 Å². The lowest BCUT2D eigenvalue weighted by Gasteiger charge is -2.06. The molecule has 0 aliphatic rings. The van der Waals surface area contributed by atoms with Crippen molar-refractivity contribution < 1.29 is 13.9 Å². The van der Waals surface area contributed by atoms with E-state index in [4.69, 9.17) is 11.6 Å². The molecule has 0 spiro atoms. The summed E-state index contributed by atoms with van der Waals surface area (Å²) in [6, 6.07) is 11.1. The zero-order valence-electron chi connectivity index (χ0n) is 11.1. The number of benzene rings is 2. The molecule has 0 radical (unpaired) electrons. The second-order valence-electron chi connectivity index (χ2n) is 4.57. The minimum Gasteiger partial charge on any atom is -0.493 e. The Hall–Kier alpha value is -2.53. The maximum absolute atomic E-state index is 13.5. The van der Waals surface area contributed by atoms with Crippen LogP contribution in [0.4, 0.5) is 8.78 Å². The van der Waals surface area contributed by atoms with Crippen LogP contribution < -0.4 is 0 Å². The number of hydrogen-bond donors (Lipinski definition) is 1. The van der Waals surface area contributed by atoms with Crippen molar-refractivity contribution in [2.45, 2.75) is 0 Å². The van der Waals surface area contributed by atoms with Crippen LogP contribution in [-0.4, -0.2) is 15.1 Å². The molecule has 2 aromatic carbocycles. The molecule has 3 rings (SSSR count). The van der Waals surface area contributed by atoms with Crippen LogP contribution in [0.2, 0.25) is 5.02 Å². The lowest BCUT2D eigenvalue weighted by molar-refractivity contribution is 0.453. The van der Waals surface area contributed by atoms with Crippen molar-refractivity contribution >= 4 is 11.6 Å². The average molecular weight is 319 g/mol. The maximum atomic E-state index is 13.5. The number of rotatable bonds is 2. The van der Waals surface area contributed by atoms with Gasteiger partial charge in [0.1, 0.15) is 11.6 Å². The Morgan fingerprint density at radius 2 is 1.55 bits per heavy atom. The molecule has 0 fully saturated rings. The third-order valence-corrected chi connectivity index (χ3v) is 3.34. The molecule has 22 heavy (non-hydrogen) atoms. The van der Waals surface area contributed by atoms with E-state index in [1.165, 1.54) is 42.5 Å². The van der Waals surface area contributed by atoms with Crippen LogP contribution in [0, 0.1) is 11.6 Å². The Kier molecular flexibility index (Phi) is 3.73. The molecule has 1 N–H and O–H groups in total. The van der Waals surface area contributed by atoms with Crippen LogP contribution in [0.25, 0.3) is 22.6 Å². The summed E-state index contributed by atoms with van der Waals surface area (Å²) in [5, 5.41) is 9.74. The Morgan fingerprint density at radius 1 is 0.864 bits per heavy atom. The van der Waals surface area contributed by atoms with E-state index in [0.29, 0.717) is 16.8 Å². The van der Waals surface area contributed by atoms with E-state index in [1.807, 2.05) is 0 Å². The first-order chi connectivity index (χ1) is 10.5. The summed E-state index contributed by atoms with van der Waals surface area (Å²) in [5.41, 5.74) is 1.38. The van der Waals surface area contributed by atoms with Gasteiger partial charge in [0.2, 0.25) is 5.88 Å². The lowest BCUT2D eigenvalue weighted by atomic mass is 10.1. The smallest absolute Gasteiger partial charge is 0.214 e. The molecule has 3 aromatic rings. The fourth-order valence-electron chi connectivity index (χ4n) is 1.97. The van der Waals surface area contributed by atoms with Crippen LogP contribution in [0.15, 0.2) is 48.5 Å². The maximum Gasteiger partial charge on any atom is 0.214 e. The Balaban J connectivity index is 2.09. The van der Waals surface area contributed by atoms with Crippen LogP contribution in [0.3, 0.4) is 0 Å². The van der Waals surface area contributed by atoms with Gasteiger partial charge in [-0.05, 0) is 42.5 Å². The van der Waals surface area contributed by atoms with Crippen LogP contribution >= 0.6 is 11.6 Å². The molecule has 0 unspecified atom stereocenters. The Bertz CT molecular complexity index is 838. The predicted molar refractivity (Wildman–Crippen MR) is 79.5 cm³/mol. The normalized spacial score (nSPS) is 10.7. The van der Waals surface area contributed by atoms with Gasteiger partial charge in [-0.25, -0.2) is 13.8 Å². The first kappa shape index (κ1) is 14.4. The van der Waals surface area contributed by atoms with Crippen molar-refractivity contribution in [3.63, 3.8) is 0 Å². The van der Waals surface area contributed by atoms with Crippen molar-refractivity contribution in [3.05, 3.63) is 65.2 Å². The highest BCUT2D eigenvalue weighted by Crippen LogP contribution is 2.27. The highest BCUT2D eigenvalue weighted by molar-refractivity contribution is 6.30. The minimum atomic E-state index is -0.602. The van der Waals surface area contributed by atoms with E-state index in [0.717, 1.165) is 0 Å². The number of aromatic nitrogens is 2. The molecule has 0 aliphatic heterocycles. The van der Waals surface area contributed by atoms with Crippen LogP contribution in [0.5, 0.6) is 5.88 Å². The molecule has 0 amide bonds. The average Bonchev–Trinajstić information content (AvgIpc) is 2.50. The van der Waals surface area contributed by atoms with E-state index in [1.54, 1.807) is 6.07 Å². The zero-order chi connectivity index (χ0) is 15.7. The van der Waals surface area contributed by atoms with Gasteiger partial charge in [0, 0.05) is 17.2 Å². The number of hydrogen-bond acceptors (Lipinski definition) is 3. The summed E-state index contributed by atoms with van der Waals surface area (Å²) in [5.74, 6) is -1.09. The first-order valence-electron chi connectivity index (χ1n) is 6.32. The van der Waals surface area contributed by atoms with Gasteiger partial charge in [-0.1, -0.05) is 11.6 Å². The fourth-order valence-corrected chi connectivity index (χ4v) is 2.08. The van der Waals surface area contributed by atoms with E-state index in [-0.39, 0.29) is 22.5 Å². The summed E-state index contributed by atoms with van der Waals surface area (Å²) >= 11 is 5.64. The number of aromatic hydroxyl groups is 1. The fraction of sp³-hybridized carbons (Fsp3) is 0. The van der Waals surface area contributed by atoms with Gasteiger partial charge in [0.15, 0.2) is 5.82 Å². The highest BCUT2D eigenvalue weighted by Gasteiger charge is 2.10. The molecule has 6 heteroatoms. The summed E-state index contributed by atoms with van der Waals surface area (Å²) in [6.45, 7) is 0. The van der Waals surface area contributed by atoms with Gasteiger partial charge in [0.25, 0.3) is 0 Å². The first-order valence-corrected chi connectivity index (χ1v) is 6.70. The second kappa shape index (κ2) is 5.69. The van der Waals surface area contributed by atoms with E-state index in [9.17, 15) is 13.9 Å². The highest BCUT2D eigenvalue weighted by atomic mass is 35.5. The van der Waals surface area contributed by atoms with Crippen LogP contribution in [-0.2, 0) is 0 Å². The summed E-state index contributed by atoms with van der Waals surface area (Å²) in [6.07, 6.45) is 0. The molecule has 3 nitrogen and oxygen atoms in total. The van der Waals surface area contributed by atoms with E-state index >= 15 is 0 Å². The van der Waals surface area contributed by atoms with Gasteiger partial charge in [0.05, 0.1) is 10.7 Å². The summed E-state index contributed by atoms with van der Waals surface area (Å²) in [7, 11) is 0. The molecular formula is C16H9ClF2N2O. The number of nitrogens with zero attached hydrogens (tertiary/aromatic N) is 2. The van der Waals surface area contributed by atoms with Crippen molar-refractivity contribution in [1.29, 1.82) is 0 Å². The monoisotopic (exact) mass is 318 g/mol. The Labute approximate surface area is 129 Å². The second-order valence-corrected chi connectivity index (χ2v) is 4.98. The molecule has 110 valence electrons. The topological polar surface area (TPSA) is 46.0 Å². The molecular weight excluding hydrogens is 310 g/mol. The zero-order valence-corrected chi connectivity index (χ0v) is 11.9. The van der Waals surface area contributed by atoms with Gasteiger partial charge in [-0.15, -0.1) is 0 Å². The van der Waals surface area contributed by atoms with Gasteiger partial charge < -0.3 is 5.11 Å². The van der Waals surface area contributed by atoms with Gasteiger partial charge in [-0.3, -0.25) is 0 Å². The molecule has 0 aliphatic carbocycles. The molecule has 0 saturated carbocycles. The largest absolute Gasteiger partial charge is 0.493 e. The molecule has 1 heterocycles. The van der Waals surface area contributed by atoms with E-state index in [2.05, 4.69) is 9.97 Å². The van der Waals surface area contributed by atoms with Gasteiger partial charge in [-0.2, -0.15) is 4.98 Å². The van der Waals surface area contributed by atoms with Crippen molar-refractivity contribution in [2.24, 2.45) is 0 Å². The molecule has 0 atom stereocenters. The number of halogens is 3. The summed E-state index contributed by atoms with van der Waals surface area (Å²) in [4.78, 5) is 8.15. The minimum absolute atomic E-state index is 0.0114. The standard InChI is InChI=1S/C16H9ClF2N2O/c17-12-6-3-10(7-13(12)19)16-20-14(8-15(22)21-16)9-1-4-11(18)5-2-9/h1-8H,(H,20,21,22). The third-order valence-electron chi connectivity index (χ3n) is 3.03. The predicted octanol–water partition coefficient (Wildman–Crippen LogP) is 4.45. The molecule has 0 bridgehead atoms. The SMILES string of the molecule is Oc1cc(-c2ccc(F)cc2)nc(-c2ccc(Cl)c(F)c2)n1. The summed E-state index contributed by atoms with van der Waals surface area (Å²) < 4.78 is 26.5. The van der Waals surface area contributed by atoms with Crippen molar-refractivity contribution in [1.82, 2.24) is 9.97 Å². The van der Waals surface area contributed by atoms with Gasteiger partial charge >= 0.3 is 0 Å². The van der Waals surface area contributed by atoms with Crippen molar-refractivity contribution in [3.8, 4) is 28.5 Å². The third kappa shape index (κ3) is 2.89. The molecule has 0 saturated heterocycles.